The second-order valence-electron chi connectivity index (χ2n) is 5.11. The molecule has 0 bridgehead atoms. The number of benzene rings is 2. The van der Waals surface area contributed by atoms with Crippen LogP contribution in [-0.2, 0) is 9.47 Å². The van der Waals surface area contributed by atoms with Gasteiger partial charge in [-0.1, -0.05) is 12.1 Å². The molecule has 0 N–H and O–H groups in total. The van der Waals surface area contributed by atoms with Crippen LogP contribution in [0, 0.1) is 5.82 Å². The number of carbonyl (C=O) groups is 2. The zero-order valence-corrected chi connectivity index (χ0v) is 14.7. The molecule has 138 valence electrons. The van der Waals surface area contributed by atoms with Gasteiger partial charge in [0.25, 0.3) is 0 Å². The minimum Gasteiger partial charge on any atom is -0.494 e. The van der Waals surface area contributed by atoms with Gasteiger partial charge in [-0.2, -0.15) is 0 Å². The van der Waals surface area contributed by atoms with E-state index in [1.807, 2.05) is 0 Å². The Kier molecular flexibility index (Phi) is 6.68. The number of ether oxygens (including phenoxy) is 4. The Morgan fingerprint density at radius 3 is 2.15 bits per heavy atom. The molecular weight excluding hydrogens is 343 g/mol. The molecule has 6 nitrogen and oxygen atoms in total. The molecule has 0 radical (unpaired) electrons. The predicted octanol–water partition coefficient (Wildman–Crippen LogP) is 3.22. The van der Waals surface area contributed by atoms with Crippen molar-refractivity contribution in [1.29, 1.82) is 0 Å². The molecule has 0 aliphatic rings. The van der Waals surface area contributed by atoms with Gasteiger partial charge in [0, 0.05) is 12.2 Å². The van der Waals surface area contributed by atoms with Crippen LogP contribution >= 0.6 is 0 Å². The van der Waals surface area contributed by atoms with Gasteiger partial charge in [-0.3, -0.25) is 4.79 Å². The maximum Gasteiger partial charge on any atom is 0.337 e. The topological polar surface area (TPSA) is 71.1 Å². The molecule has 2 aromatic rings. The van der Waals surface area contributed by atoms with Gasteiger partial charge >= 0.3 is 5.97 Å². The van der Waals surface area contributed by atoms with E-state index in [-0.39, 0.29) is 35.0 Å². The maximum atomic E-state index is 14.7. The first-order chi connectivity index (χ1) is 12.5. The first-order valence-corrected chi connectivity index (χ1v) is 7.83. The lowest BCUT2D eigenvalue weighted by Gasteiger charge is -2.14. The number of hydrogen-bond donors (Lipinski definition) is 0. The van der Waals surface area contributed by atoms with Crippen molar-refractivity contribution in [2.75, 3.05) is 27.6 Å². The van der Waals surface area contributed by atoms with Crippen LogP contribution in [0.3, 0.4) is 0 Å². The van der Waals surface area contributed by atoms with Crippen molar-refractivity contribution in [1.82, 2.24) is 0 Å². The molecule has 7 heteroatoms. The molecule has 26 heavy (non-hydrogen) atoms. The van der Waals surface area contributed by atoms with E-state index in [1.54, 1.807) is 6.92 Å². The lowest BCUT2D eigenvalue weighted by Crippen LogP contribution is -2.11. The third kappa shape index (κ3) is 4.18. The van der Waals surface area contributed by atoms with Crippen molar-refractivity contribution >= 4 is 11.8 Å². The summed E-state index contributed by atoms with van der Waals surface area (Å²) >= 11 is 0. The first kappa shape index (κ1) is 19.4. The number of rotatable bonds is 8. The summed E-state index contributed by atoms with van der Waals surface area (Å²) in [5.41, 5.74) is 0.198. The fourth-order valence-electron chi connectivity index (χ4n) is 2.24. The third-order valence-electron chi connectivity index (χ3n) is 3.59. The van der Waals surface area contributed by atoms with Gasteiger partial charge in [-0.25, -0.2) is 9.18 Å². The summed E-state index contributed by atoms with van der Waals surface area (Å²) in [6.07, 6.45) is 0. The van der Waals surface area contributed by atoms with E-state index in [0.717, 1.165) is 0 Å². The van der Waals surface area contributed by atoms with Crippen molar-refractivity contribution in [3.05, 3.63) is 58.9 Å². The summed E-state index contributed by atoms with van der Waals surface area (Å²) in [5.74, 6) is -2.01. The highest BCUT2D eigenvalue weighted by atomic mass is 19.1. The number of halogens is 1. The molecule has 0 heterocycles. The van der Waals surface area contributed by atoms with Gasteiger partial charge in [-0.15, -0.1) is 0 Å². The van der Waals surface area contributed by atoms with E-state index < -0.39 is 17.6 Å². The SMILES string of the molecule is CCOCOc1ccc(OC)c(F)c1C(=O)c1ccc(C(=O)OC)cc1. The normalized spacial score (nSPS) is 10.3. The van der Waals surface area contributed by atoms with Crippen LogP contribution in [0.15, 0.2) is 36.4 Å². The van der Waals surface area contributed by atoms with Crippen molar-refractivity contribution in [2.45, 2.75) is 6.92 Å². The molecule has 0 aliphatic heterocycles. The molecule has 0 unspecified atom stereocenters. The van der Waals surface area contributed by atoms with E-state index in [1.165, 1.54) is 50.6 Å². The summed E-state index contributed by atoms with van der Waals surface area (Å²) in [7, 11) is 2.56. The fraction of sp³-hybridized carbons (Fsp3) is 0.263. The molecule has 0 spiro atoms. The monoisotopic (exact) mass is 362 g/mol. The summed E-state index contributed by atoms with van der Waals surface area (Å²) in [6, 6.07) is 8.50. The van der Waals surface area contributed by atoms with E-state index in [2.05, 4.69) is 4.74 Å². The Morgan fingerprint density at radius 1 is 0.962 bits per heavy atom. The van der Waals surface area contributed by atoms with Crippen LogP contribution in [-0.4, -0.2) is 39.4 Å². The van der Waals surface area contributed by atoms with Crippen molar-refractivity contribution in [3.8, 4) is 11.5 Å². The lowest BCUT2D eigenvalue weighted by molar-refractivity contribution is 0.0217. The van der Waals surface area contributed by atoms with E-state index in [0.29, 0.717) is 6.61 Å². The van der Waals surface area contributed by atoms with Crippen molar-refractivity contribution in [2.24, 2.45) is 0 Å². The van der Waals surface area contributed by atoms with Crippen LogP contribution in [0.2, 0.25) is 0 Å². The summed E-state index contributed by atoms with van der Waals surface area (Å²) < 4.78 is 34.7. The zero-order valence-electron chi connectivity index (χ0n) is 14.7. The predicted molar refractivity (Wildman–Crippen MR) is 91.3 cm³/mol. The Labute approximate surface area is 150 Å². The van der Waals surface area contributed by atoms with Crippen LogP contribution < -0.4 is 9.47 Å². The molecule has 2 aromatic carbocycles. The van der Waals surface area contributed by atoms with Crippen LogP contribution in [0.1, 0.15) is 33.2 Å². The highest BCUT2D eigenvalue weighted by Gasteiger charge is 2.23. The standard InChI is InChI=1S/C19H19FO6/c1-4-25-11-26-14-9-10-15(23-2)17(20)16(14)18(21)12-5-7-13(8-6-12)19(22)24-3/h5-10H,4,11H2,1-3H3. The Morgan fingerprint density at radius 2 is 1.58 bits per heavy atom. The fourth-order valence-corrected chi connectivity index (χ4v) is 2.24. The van der Waals surface area contributed by atoms with Gasteiger partial charge in [0.1, 0.15) is 11.3 Å². The van der Waals surface area contributed by atoms with Gasteiger partial charge in [0.15, 0.2) is 24.1 Å². The Hall–Kier alpha value is -2.93. The maximum absolute atomic E-state index is 14.7. The Bertz CT molecular complexity index is 785. The summed E-state index contributed by atoms with van der Waals surface area (Å²) in [5, 5.41) is 0. The third-order valence-corrected chi connectivity index (χ3v) is 3.59. The van der Waals surface area contributed by atoms with Crippen LogP contribution in [0.4, 0.5) is 4.39 Å². The lowest BCUT2D eigenvalue weighted by atomic mass is 10.00. The van der Waals surface area contributed by atoms with Gasteiger partial charge in [0.2, 0.25) is 0 Å². The zero-order chi connectivity index (χ0) is 19.1. The second-order valence-corrected chi connectivity index (χ2v) is 5.11. The molecule has 0 saturated heterocycles. The number of hydrogen-bond acceptors (Lipinski definition) is 6. The molecule has 0 fully saturated rings. The molecule has 0 amide bonds. The number of ketones is 1. The quantitative estimate of drug-likeness (QED) is 0.311. The van der Waals surface area contributed by atoms with Crippen molar-refractivity contribution in [3.63, 3.8) is 0 Å². The van der Waals surface area contributed by atoms with Gasteiger partial charge < -0.3 is 18.9 Å². The summed E-state index contributed by atoms with van der Waals surface area (Å²) in [4.78, 5) is 24.3. The second kappa shape index (κ2) is 8.96. The van der Waals surface area contributed by atoms with E-state index >= 15 is 0 Å². The van der Waals surface area contributed by atoms with Gasteiger partial charge in [0.05, 0.1) is 19.8 Å². The molecule has 0 aliphatic carbocycles. The number of methoxy groups -OCH3 is 2. The number of carbonyl (C=O) groups excluding carboxylic acids is 2. The molecular formula is C19H19FO6. The smallest absolute Gasteiger partial charge is 0.337 e. The molecule has 0 saturated carbocycles. The molecule has 0 atom stereocenters. The average molecular weight is 362 g/mol. The minimum atomic E-state index is -0.830. The largest absolute Gasteiger partial charge is 0.494 e. The first-order valence-electron chi connectivity index (χ1n) is 7.83. The average Bonchev–Trinajstić information content (AvgIpc) is 2.67. The molecule has 0 aromatic heterocycles. The minimum absolute atomic E-state index is 0.0406. The van der Waals surface area contributed by atoms with Gasteiger partial charge in [-0.05, 0) is 31.2 Å². The highest BCUT2D eigenvalue weighted by Crippen LogP contribution is 2.31. The Balaban J connectivity index is 2.40. The van der Waals surface area contributed by atoms with Crippen LogP contribution in [0.5, 0.6) is 11.5 Å². The van der Waals surface area contributed by atoms with Crippen LogP contribution in [0.25, 0.3) is 0 Å². The van der Waals surface area contributed by atoms with E-state index in [4.69, 9.17) is 14.2 Å². The van der Waals surface area contributed by atoms with E-state index in [9.17, 15) is 14.0 Å². The van der Waals surface area contributed by atoms with Crippen molar-refractivity contribution < 1.29 is 32.9 Å². The number of esters is 1. The highest BCUT2D eigenvalue weighted by molar-refractivity contribution is 6.11. The molecule has 2 rings (SSSR count). The summed E-state index contributed by atoms with van der Waals surface area (Å²) in [6.45, 7) is 2.08.